The molecule has 0 unspecified atom stereocenters. The first kappa shape index (κ1) is 10.4. The third-order valence-electron chi connectivity index (χ3n) is 2.20. The molecule has 3 nitrogen and oxygen atoms in total. The van der Waals surface area contributed by atoms with Crippen molar-refractivity contribution in [1.82, 2.24) is 10.2 Å². The zero-order valence-electron chi connectivity index (χ0n) is 7.79. The van der Waals surface area contributed by atoms with Gasteiger partial charge in [0.05, 0.1) is 0 Å². The fourth-order valence-corrected chi connectivity index (χ4v) is 1.60. The highest BCUT2D eigenvalue weighted by atomic mass is 32.1. The van der Waals surface area contributed by atoms with E-state index in [0.29, 0.717) is 0 Å². The topological polar surface area (TPSA) is 32.3 Å². The molecule has 0 aliphatic carbocycles. The molecule has 0 radical (unpaired) electrons. The molecule has 1 aliphatic heterocycles. The number of nitrogens with zero attached hydrogens (tertiary/aromatic N) is 1. The molecule has 0 spiro atoms. The van der Waals surface area contributed by atoms with Gasteiger partial charge < -0.3 is 10.2 Å². The Kier molecular flexibility index (Phi) is 4.75. The van der Waals surface area contributed by atoms with E-state index in [0.717, 1.165) is 45.3 Å². The predicted octanol–water partition coefficient (Wildman–Crippen LogP) is 1.57. The monoisotopic (exact) mass is 200 g/mol. The van der Waals surface area contributed by atoms with Crippen LogP contribution in [0, 0.1) is 0 Å². The summed E-state index contributed by atoms with van der Waals surface area (Å²) in [6.07, 6.45) is 4.42. The Morgan fingerprint density at radius 3 is 2.92 bits per heavy atom. The Labute approximate surface area is 84.5 Å². The van der Waals surface area contributed by atoms with E-state index in [9.17, 15) is 4.79 Å². The summed E-state index contributed by atoms with van der Waals surface area (Å²) in [6.45, 7) is 2.56. The number of hydrogen-bond donors (Lipinski definition) is 1. The Balaban J connectivity index is 1.99. The van der Waals surface area contributed by atoms with Gasteiger partial charge in [-0.1, -0.05) is 18.6 Å². The highest BCUT2D eigenvalue weighted by molar-refractivity contribution is 7.78. The molecule has 2 amide bonds. The summed E-state index contributed by atoms with van der Waals surface area (Å²) in [7, 11) is 0. The van der Waals surface area contributed by atoms with E-state index in [1.165, 1.54) is 0 Å². The van der Waals surface area contributed by atoms with Gasteiger partial charge in [-0.05, 0) is 24.6 Å². The van der Waals surface area contributed by atoms with Gasteiger partial charge in [0.1, 0.15) is 0 Å². The number of hydrogen-bond acceptors (Lipinski definition) is 2. The van der Waals surface area contributed by atoms with Crippen LogP contribution in [-0.2, 0) is 0 Å². The molecule has 0 aromatic rings. The molecule has 74 valence electrons. The maximum atomic E-state index is 11.1. The smallest absolute Gasteiger partial charge is 0.317 e. The number of nitrogens with one attached hydrogen (secondary N) is 1. The van der Waals surface area contributed by atoms with Gasteiger partial charge in [-0.25, -0.2) is 4.79 Å². The van der Waals surface area contributed by atoms with Crippen molar-refractivity contribution in [2.75, 3.05) is 19.6 Å². The molecule has 0 atom stereocenters. The summed E-state index contributed by atoms with van der Waals surface area (Å²) < 4.78 is 0. The van der Waals surface area contributed by atoms with Crippen LogP contribution in [0.25, 0.3) is 0 Å². The van der Waals surface area contributed by atoms with Crippen LogP contribution in [0.1, 0.15) is 25.7 Å². The molecule has 0 aromatic heterocycles. The van der Waals surface area contributed by atoms with Crippen LogP contribution in [0.15, 0.2) is 0 Å². The number of thiocarbonyl (C=S) groups is 1. The molecule has 1 aliphatic rings. The third-order valence-corrected chi connectivity index (χ3v) is 2.43. The first-order chi connectivity index (χ1) is 6.34. The summed E-state index contributed by atoms with van der Waals surface area (Å²) in [6, 6.07) is 0.0924. The zero-order chi connectivity index (χ0) is 9.52. The lowest BCUT2D eigenvalue weighted by Gasteiger charge is -2.12. The minimum absolute atomic E-state index is 0.0924. The Hall–Kier alpha value is -0.640. The molecule has 1 fully saturated rings. The summed E-state index contributed by atoms with van der Waals surface area (Å²) >= 11 is 4.73. The van der Waals surface area contributed by atoms with Gasteiger partial charge in [0.15, 0.2) is 0 Å². The number of urea groups is 1. The summed E-state index contributed by atoms with van der Waals surface area (Å²) in [5, 5.41) is 4.57. The minimum atomic E-state index is 0.0924. The second-order valence-electron chi connectivity index (χ2n) is 3.23. The largest absolute Gasteiger partial charge is 0.336 e. The normalized spacial score (nSPS) is 16.0. The van der Waals surface area contributed by atoms with Crippen molar-refractivity contribution in [1.29, 1.82) is 0 Å². The van der Waals surface area contributed by atoms with Gasteiger partial charge in [0, 0.05) is 19.6 Å². The predicted molar refractivity (Wildman–Crippen MR) is 57.1 cm³/mol. The van der Waals surface area contributed by atoms with Crippen LogP contribution in [0.2, 0.25) is 0 Å². The van der Waals surface area contributed by atoms with Gasteiger partial charge >= 0.3 is 6.03 Å². The van der Waals surface area contributed by atoms with Crippen LogP contribution in [0.4, 0.5) is 4.79 Å². The maximum absolute atomic E-state index is 11.1. The van der Waals surface area contributed by atoms with Gasteiger partial charge in [0.2, 0.25) is 0 Å². The summed E-state index contributed by atoms with van der Waals surface area (Å²) in [5.74, 6) is 0. The van der Waals surface area contributed by atoms with Gasteiger partial charge in [-0.2, -0.15) is 0 Å². The number of amides is 2. The second-order valence-corrected chi connectivity index (χ2v) is 3.57. The molecule has 1 saturated heterocycles. The van der Waals surface area contributed by atoms with Crippen molar-refractivity contribution < 1.29 is 4.79 Å². The molecule has 4 heteroatoms. The number of carbonyl (C=O) groups excluding carboxylic acids is 1. The quantitative estimate of drug-likeness (QED) is 0.521. The Bertz CT molecular complexity index is 184. The number of unbranched alkanes of at least 4 members (excludes halogenated alkanes) is 3. The molecule has 1 heterocycles. The Morgan fingerprint density at radius 2 is 2.31 bits per heavy atom. The lowest BCUT2D eigenvalue weighted by atomic mass is 10.2. The zero-order valence-corrected chi connectivity index (χ0v) is 8.61. The molecular weight excluding hydrogens is 184 g/mol. The molecule has 0 saturated carbocycles. The minimum Gasteiger partial charge on any atom is -0.336 e. The molecule has 13 heavy (non-hydrogen) atoms. The van der Waals surface area contributed by atoms with E-state index in [4.69, 9.17) is 12.2 Å². The van der Waals surface area contributed by atoms with Crippen LogP contribution >= 0.6 is 12.2 Å². The van der Waals surface area contributed by atoms with Crippen molar-refractivity contribution in [2.24, 2.45) is 0 Å². The number of carbonyl (C=O) groups is 1. The van der Waals surface area contributed by atoms with Crippen molar-refractivity contribution in [3.8, 4) is 0 Å². The summed E-state index contributed by atoms with van der Waals surface area (Å²) in [4.78, 5) is 13.0. The van der Waals surface area contributed by atoms with E-state index < -0.39 is 0 Å². The average molecular weight is 200 g/mol. The van der Waals surface area contributed by atoms with Crippen molar-refractivity contribution >= 4 is 23.6 Å². The summed E-state index contributed by atoms with van der Waals surface area (Å²) in [5.41, 5.74) is 0. The van der Waals surface area contributed by atoms with E-state index in [1.54, 1.807) is 5.37 Å². The van der Waals surface area contributed by atoms with Crippen molar-refractivity contribution in [2.45, 2.75) is 25.7 Å². The van der Waals surface area contributed by atoms with Crippen molar-refractivity contribution in [3.63, 3.8) is 0 Å². The molecule has 0 bridgehead atoms. The van der Waals surface area contributed by atoms with Gasteiger partial charge in [-0.15, -0.1) is 0 Å². The highest BCUT2D eigenvalue weighted by Crippen LogP contribution is 2.03. The van der Waals surface area contributed by atoms with Crippen molar-refractivity contribution in [3.05, 3.63) is 0 Å². The van der Waals surface area contributed by atoms with Crippen LogP contribution in [0.5, 0.6) is 0 Å². The lowest BCUT2D eigenvalue weighted by molar-refractivity contribution is 0.216. The van der Waals surface area contributed by atoms with Crippen LogP contribution in [-0.4, -0.2) is 35.9 Å². The van der Waals surface area contributed by atoms with E-state index >= 15 is 0 Å². The standard InChI is InChI=1S/C9H16N2OS/c12-9-10-5-7-11(9)6-3-1-2-4-8-13/h8H,1-7H2,(H,10,12). The lowest BCUT2D eigenvalue weighted by Crippen LogP contribution is -2.28. The average Bonchev–Trinajstić information content (AvgIpc) is 2.52. The van der Waals surface area contributed by atoms with E-state index in [1.807, 2.05) is 4.90 Å². The van der Waals surface area contributed by atoms with Crippen LogP contribution in [0.3, 0.4) is 0 Å². The van der Waals surface area contributed by atoms with E-state index in [2.05, 4.69) is 5.32 Å². The molecule has 0 aromatic carbocycles. The highest BCUT2D eigenvalue weighted by Gasteiger charge is 2.17. The Morgan fingerprint density at radius 1 is 1.46 bits per heavy atom. The molecule has 1 N–H and O–H groups in total. The third kappa shape index (κ3) is 3.72. The first-order valence-electron chi connectivity index (χ1n) is 4.81. The SMILES string of the molecule is O=C1NCCN1CCCCCC=S. The fraction of sp³-hybridized carbons (Fsp3) is 0.778. The molecule has 1 rings (SSSR count). The molecular formula is C9H16N2OS. The fourth-order valence-electron chi connectivity index (χ4n) is 1.43. The maximum Gasteiger partial charge on any atom is 0.317 e. The van der Waals surface area contributed by atoms with Gasteiger partial charge in [-0.3, -0.25) is 0 Å². The van der Waals surface area contributed by atoms with E-state index in [-0.39, 0.29) is 6.03 Å². The van der Waals surface area contributed by atoms with Gasteiger partial charge in [0.25, 0.3) is 0 Å². The second kappa shape index (κ2) is 5.91. The first-order valence-corrected chi connectivity index (χ1v) is 5.28. The number of rotatable bonds is 6. The van der Waals surface area contributed by atoms with Crippen LogP contribution < -0.4 is 5.32 Å².